The second-order valence-electron chi connectivity index (χ2n) is 10.1. The second-order valence-corrected chi connectivity index (χ2v) is 11.6. The first-order valence-corrected chi connectivity index (χ1v) is 14.6. The Balaban J connectivity index is 1.16. The van der Waals surface area contributed by atoms with Crippen LogP contribution in [0.1, 0.15) is 24.3 Å². The Morgan fingerprint density at radius 1 is 1.21 bits per heavy atom. The quantitative estimate of drug-likeness (QED) is 0.372. The van der Waals surface area contributed by atoms with Gasteiger partial charge in [0.05, 0.1) is 29.7 Å². The number of fused-ring (bicyclic) bond motifs is 3. The smallest absolute Gasteiger partial charge is 0.246 e. The highest BCUT2D eigenvalue weighted by molar-refractivity contribution is 7.19. The number of halogens is 2. The van der Waals surface area contributed by atoms with Crippen molar-refractivity contribution in [1.29, 1.82) is 0 Å². The summed E-state index contributed by atoms with van der Waals surface area (Å²) in [6.07, 6.45) is 6.22. The van der Waals surface area contributed by atoms with Crippen LogP contribution in [0, 0.1) is 5.82 Å². The fraction of sp³-hybridized carbons (Fsp3) is 0.464. The number of hydrogen-bond donors (Lipinski definition) is 1. The molecular weight excluding hydrogens is 539 g/mol. The van der Waals surface area contributed by atoms with Crippen LogP contribution in [0.2, 0.25) is 5.02 Å². The summed E-state index contributed by atoms with van der Waals surface area (Å²) in [6.45, 7) is 11.9. The molecule has 4 heterocycles. The van der Waals surface area contributed by atoms with Gasteiger partial charge in [0.15, 0.2) is 0 Å². The monoisotopic (exact) mass is 572 g/mol. The van der Waals surface area contributed by atoms with E-state index in [0.717, 1.165) is 73.0 Å². The molecule has 0 bridgehead atoms. The van der Waals surface area contributed by atoms with Gasteiger partial charge in [-0.2, -0.15) is 0 Å². The van der Waals surface area contributed by atoms with Gasteiger partial charge in [-0.1, -0.05) is 17.7 Å². The number of carbonyl (C=O) groups is 1. The zero-order valence-electron chi connectivity index (χ0n) is 22.3. The maximum atomic E-state index is 13.6. The third-order valence-corrected chi connectivity index (χ3v) is 8.49. The van der Waals surface area contributed by atoms with E-state index in [0.29, 0.717) is 24.6 Å². The predicted molar refractivity (Wildman–Crippen MR) is 154 cm³/mol. The minimum Gasteiger partial charge on any atom is -0.377 e. The minimum atomic E-state index is -0.465. The normalized spacial score (nSPS) is 16.9. The molecule has 8 nitrogen and oxygen atoms in total. The van der Waals surface area contributed by atoms with Crippen molar-refractivity contribution in [3.63, 3.8) is 0 Å². The van der Waals surface area contributed by atoms with E-state index in [1.807, 2.05) is 11.0 Å². The van der Waals surface area contributed by atoms with E-state index < -0.39 is 5.82 Å². The van der Waals surface area contributed by atoms with Crippen LogP contribution >= 0.6 is 22.9 Å². The van der Waals surface area contributed by atoms with E-state index >= 15 is 0 Å². The Kier molecular flexibility index (Phi) is 9.09. The van der Waals surface area contributed by atoms with Crippen molar-refractivity contribution in [2.45, 2.75) is 32.9 Å². The SMILES string of the molecule is CC(C)OCCN1CCN(CC=CC(=O)N2CCc3c(sc4ncnc(Nc5ccc(F)c(Cl)c5)c34)C2)CC1. The summed E-state index contributed by atoms with van der Waals surface area (Å²) in [4.78, 5) is 30.6. The van der Waals surface area contributed by atoms with E-state index in [1.165, 1.54) is 12.4 Å². The van der Waals surface area contributed by atoms with Crippen molar-refractivity contribution in [2.75, 3.05) is 57.7 Å². The van der Waals surface area contributed by atoms with Gasteiger partial charge in [0.2, 0.25) is 5.91 Å². The topological polar surface area (TPSA) is 73.8 Å². The van der Waals surface area contributed by atoms with E-state index in [9.17, 15) is 9.18 Å². The maximum Gasteiger partial charge on any atom is 0.246 e. The average Bonchev–Trinajstić information content (AvgIpc) is 3.30. The van der Waals surface area contributed by atoms with E-state index in [-0.39, 0.29) is 17.0 Å². The van der Waals surface area contributed by atoms with E-state index in [4.69, 9.17) is 16.3 Å². The predicted octanol–water partition coefficient (Wildman–Crippen LogP) is 4.71. The Hall–Kier alpha value is -2.63. The summed E-state index contributed by atoms with van der Waals surface area (Å²) in [5.74, 6) is 0.229. The molecule has 1 N–H and O–H groups in total. The number of thiophene rings is 1. The number of carbonyl (C=O) groups excluding carboxylic acids is 1. The van der Waals surface area contributed by atoms with Crippen LogP contribution in [-0.4, -0.2) is 89.1 Å². The van der Waals surface area contributed by atoms with Gasteiger partial charge in [-0.3, -0.25) is 14.6 Å². The highest BCUT2D eigenvalue weighted by atomic mass is 35.5. The van der Waals surface area contributed by atoms with Crippen LogP contribution < -0.4 is 5.32 Å². The van der Waals surface area contributed by atoms with Crippen LogP contribution in [0.25, 0.3) is 10.2 Å². The molecule has 1 amide bonds. The lowest BCUT2D eigenvalue weighted by Gasteiger charge is -2.34. The van der Waals surface area contributed by atoms with Gasteiger partial charge >= 0.3 is 0 Å². The summed E-state index contributed by atoms with van der Waals surface area (Å²) in [7, 11) is 0. The van der Waals surface area contributed by atoms with Crippen molar-refractivity contribution in [3.05, 3.63) is 58.0 Å². The number of piperazine rings is 1. The highest BCUT2D eigenvalue weighted by Crippen LogP contribution is 2.38. The Morgan fingerprint density at radius 2 is 2.00 bits per heavy atom. The van der Waals surface area contributed by atoms with Crippen LogP contribution in [0.5, 0.6) is 0 Å². The molecule has 0 spiro atoms. The first kappa shape index (κ1) is 27.9. The van der Waals surface area contributed by atoms with Gasteiger partial charge in [0.1, 0.15) is 22.8 Å². The third-order valence-electron chi connectivity index (χ3n) is 7.08. The summed E-state index contributed by atoms with van der Waals surface area (Å²) in [6, 6.07) is 4.50. The standard InChI is InChI=1S/C28H34ClFN6O2S/c1-19(2)38-15-14-35-12-10-34(11-13-35)8-3-4-25(37)36-9-7-21-24(17-36)39-28-26(21)27(31-18-32-28)33-20-5-6-23(30)22(29)16-20/h3-6,16,18-19H,7-15,17H2,1-2H3,(H,31,32,33). The number of hydrogen-bond acceptors (Lipinski definition) is 8. The van der Waals surface area contributed by atoms with Crippen molar-refractivity contribution >= 4 is 50.6 Å². The van der Waals surface area contributed by atoms with Gasteiger partial charge in [-0.15, -0.1) is 11.3 Å². The fourth-order valence-corrected chi connectivity index (χ4v) is 6.33. The summed E-state index contributed by atoms with van der Waals surface area (Å²) in [5, 5.41) is 4.26. The molecule has 208 valence electrons. The Bertz CT molecular complexity index is 1340. The van der Waals surface area contributed by atoms with Gasteiger partial charge in [0, 0.05) is 62.5 Å². The molecule has 1 saturated heterocycles. The molecule has 0 aliphatic carbocycles. The molecule has 0 atom stereocenters. The number of rotatable bonds is 9. The number of nitrogens with zero attached hydrogens (tertiary/aromatic N) is 5. The summed E-state index contributed by atoms with van der Waals surface area (Å²) in [5.41, 5.74) is 1.82. The Labute approximate surface area is 237 Å². The molecule has 1 aromatic carbocycles. The number of nitrogens with one attached hydrogen (secondary N) is 1. The van der Waals surface area contributed by atoms with Crippen molar-refractivity contribution in [1.82, 2.24) is 24.7 Å². The minimum absolute atomic E-state index is 0.0352. The first-order chi connectivity index (χ1) is 18.9. The van der Waals surface area contributed by atoms with Gasteiger partial charge in [-0.25, -0.2) is 14.4 Å². The summed E-state index contributed by atoms with van der Waals surface area (Å²) >= 11 is 7.54. The summed E-state index contributed by atoms with van der Waals surface area (Å²) < 4.78 is 19.2. The molecule has 1 fully saturated rings. The molecule has 0 radical (unpaired) electrons. The van der Waals surface area contributed by atoms with Crippen LogP contribution in [0.15, 0.2) is 36.7 Å². The number of aromatic nitrogens is 2. The van der Waals surface area contributed by atoms with Crippen LogP contribution in [0.4, 0.5) is 15.9 Å². The largest absolute Gasteiger partial charge is 0.377 e. The molecule has 2 aromatic heterocycles. The molecule has 0 saturated carbocycles. The van der Waals surface area contributed by atoms with Gasteiger partial charge < -0.3 is 15.0 Å². The maximum absolute atomic E-state index is 13.6. The number of ether oxygens (including phenoxy) is 1. The second kappa shape index (κ2) is 12.7. The molecule has 3 aromatic rings. The van der Waals surface area contributed by atoms with Gasteiger partial charge in [-0.05, 0) is 44.0 Å². The Morgan fingerprint density at radius 3 is 2.77 bits per heavy atom. The lowest BCUT2D eigenvalue weighted by atomic mass is 10.0. The van der Waals surface area contributed by atoms with E-state index in [1.54, 1.807) is 29.5 Å². The molecule has 0 unspecified atom stereocenters. The number of amides is 1. The third kappa shape index (κ3) is 6.93. The lowest BCUT2D eigenvalue weighted by Crippen LogP contribution is -2.47. The first-order valence-electron chi connectivity index (χ1n) is 13.4. The molecule has 5 rings (SSSR count). The molecular formula is C28H34ClFN6O2S. The van der Waals surface area contributed by atoms with E-state index in [2.05, 4.69) is 38.9 Å². The molecule has 11 heteroatoms. The lowest BCUT2D eigenvalue weighted by molar-refractivity contribution is -0.126. The van der Waals surface area contributed by atoms with Crippen molar-refractivity contribution in [3.8, 4) is 0 Å². The van der Waals surface area contributed by atoms with Gasteiger partial charge in [0.25, 0.3) is 0 Å². The highest BCUT2D eigenvalue weighted by Gasteiger charge is 2.26. The number of benzene rings is 1. The number of anilines is 2. The average molecular weight is 573 g/mol. The molecule has 2 aliphatic rings. The van der Waals surface area contributed by atoms with Crippen LogP contribution in [-0.2, 0) is 22.5 Å². The molecule has 2 aliphatic heterocycles. The molecule has 39 heavy (non-hydrogen) atoms. The fourth-order valence-electron chi connectivity index (χ4n) is 4.94. The van der Waals surface area contributed by atoms with Crippen LogP contribution in [0.3, 0.4) is 0 Å². The van der Waals surface area contributed by atoms with Crippen molar-refractivity contribution < 1.29 is 13.9 Å². The van der Waals surface area contributed by atoms with Crippen molar-refractivity contribution in [2.24, 2.45) is 0 Å². The zero-order chi connectivity index (χ0) is 27.4. The zero-order valence-corrected chi connectivity index (χ0v) is 23.9.